The molecule has 0 fully saturated rings. The Morgan fingerprint density at radius 2 is 1.41 bits per heavy atom. The molecule has 1 amide bonds. The Kier molecular flexibility index (Phi) is 11.9. The Bertz CT molecular complexity index is 714. The molecule has 6 nitrogen and oxygen atoms in total. The first kappa shape index (κ1) is 24.7. The molecule has 0 saturated carbocycles. The van der Waals surface area contributed by atoms with Crippen LogP contribution < -0.4 is 22.5 Å². The lowest BCUT2D eigenvalue weighted by Gasteiger charge is -2.07. The van der Waals surface area contributed by atoms with E-state index in [4.69, 9.17) is 17.2 Å². The summed E-state index contributed by atoms with van der Waals surface area (Å²) in [6, 6.07) is 15.8. The molecule has 0 aliphatic heterocycles. The van der Waals surface area contributed by atoms with E-state index in [-0.39, 0.29) is 36.7 Å². The molecule has 8 heteroatoms. The predicted molar refractivity (Wildman–Crippen MR) is 117 cm³/mol. The van der Waals surface area contributed by atoms with E-state index in [1.165, 1.54) is 11.1 Å². The summed E-state index contributed by atoms with van der Waals surface area (Å²) in [6.07, 6.45) is 2.99. The minimum absolute atomic E-state index is 0. The van der Waals surface area contributed by atoms with E-state index in [2.05, 4.69) is 10.3 Å². The third-order valence-electron chi connectivity index (χ3n) is 3.74. The Balaban J connectivity index is 0.00000338. The molecule has 2 aromatic rings. The molecular weight excluding hydrogens is 385 g/mol. The number of aliphatic imine (C=N–C) groups is 1. The van der Waals surface area contributed by atoms with Crippen molar-refractivity contribution >= 4 is 48.1 Å². The van der Waals surface area contributed by atoms with E-state index in [1.807, 2.05) is 48.5 Å². The number of rotatable bonds is 8. The van der Waals surface area contributed by atoms with Crippen molar-refractivity contribution in [1.82, 2.24) is 0 Å². The third kappa shape index (κ3) is 9.28. The summed E-state index contributed by atoms with van der Waals surface area (Å²) in [5.41, 5.74) is 20.1. The molecule has 0 heterocycles. The second-order valence-electron chi connectivity index (χ2n) is 5.84. The Labute approximate surface area is 172 Å². The number of anilines is 1. The molecule has 0 aliphatic rings. The highest BCUT2D eigenvalue weighted by atomic mass is 35.5. The molecule has 0 spiro atoms. The second kappa shape index (κ2) is 13.0. The van der Waals surface area contributed by atoms with Crippen molar-refractivity contribution < 1.29 is 4.79 Å². The molecule has 2 rings (SSSR count). The molecule has 0 aromatic heterocycles. The maximum atomic E-state index is 11.7. The van der Waals surface area contributed by atoms with Gasteiger partial charge < -0.3 is 22.5 Å². The van der Waals surface area contributed by atoms with E-state index in [9.17, 15) is 4.79 Å². The summed E-state index contributed by atoms with van der Waals surface area (Å²) < 4.78 is 0. The fourth-order valence-corrected chi connectivity index (χ4v) is 2.42. The number of carbonyl (C=O) groups is 1. The van der Waals surface area contributed by atoms with E-state index in [0.717, 1.165) is 24.2 Å². The van der Waals surface area contributed by atoms with Crippen LogP contribution in [0.5, 0.6) is 0 Å². The Morgan fingerprint density at radius 1 is 0.889 bits per heavy atom. The SMILES string of the molecule is Cl.Cl.NCCCC(=O)Nc1ccc(CCc2ccc(N=C(N)N)cc2)cc1. The van der Waals surface area contributed by atoms with Gasteiger partial charge in [0, 0.05) is 12.1 Å². The first-order valence-electron chi connectivity index (χ1n) is 8.34. The molecule has 0 atom stereocenters. The molecule has 0 aliphatic carbocycles. The van der Waals surface area contributed by atoms with Crippen LogP contribution in [0.3, 0.4) is 0 Å². The summed E-state index contributed by atoms with van der Waals surface area (Å²) in [5, 5.41) is 2.87. The van der Waals surface area contributed by atoms with E-state index in [1.54, 1.807) is 0 Å². The fourth-order valence-electron chi connectivity index (χ4n) is 2.42. The van der Waals surface area contributed by atoms with E-state index >= 15 is 0 Å². The van der Waals surface area contributed by atoms with Crippen LogP contribution in [0.15, 0.2) is 53.5 Å². The van der Waals surface area contributed by atoms with Crippen molar-refractivity contribution in [1.29, 1.82) is 0 Å². The monoisotopic (exact) mass is 411 g/mol. The van der Waals surface area contributed by atoms with Crippen molar-refractivity contribution in [2.24, 2.45) is 22.2 Å². The van der Waals surface area contributed by atoms with Gasteiger partial charge in [-0.1, -0.05) is 24.3 Å². The number of aryl methyl sites for hydroxylation is 2. The number of hydrogen-bond acceptors (Lipinski definition) is 3. The number of nitrogens with one attached hydrogen (secondary N) is 1. The zero-order valence-electron chi connectivity index (χ0n) is 15.1. The second-order valence-corrected chi connectivity index (χ2v) is 5.84. The van der Waals surface area contributed by atoms with Crippen LogP contribution in [0.2, 0.25) is 0 Å². The van der Waals surface area contributed by atoms with Gasteiger partial charge >= 0.3 is 0 Å². The highest BCUT2D eigenvalue weighted by Gasteiger charge is 2.02. The average molecular weight is 412 g/mol. The summed E-state index contributed by atoms with van der Waals surface area (Å²) >= 11 is 0. The molecule has 7 N–H and O–H groups in total. The van der Waals surface area contributed by atoms with Crippen molar-refractivity contribution in [2.45, 2.75) is 25.7 Å². The summed E-state index contributed by atoms with van der Waals surface area (Å²) in [5.74, 6) is 0.0574. The third-order valence-corrected chi connectivity index (χ3v) is 3.74. The van der Waals surface area contributed by atoms with Crippen molar-refractivity contribution in [3.8, 4) is 0 Å². The minimum atomic E-state index is -0.000866. The number of guanidine groups is 1. The van der Waals surface area contributed by atoms with Crippen LogP contribution in [-0.2, 0) is 17.6 Å². The molecule has 0 saturated heterocycles. The molecule has 0 unspecified atom stereocenters. The van der Waals surface area contributed by atoms with Gasteiger partial charge in [-0.3, -0.25) is 4.79 Å². The first-order valence-corrected chi connectivity index (χ1v) is 8.34. The standard InChI is InChI=1S/C19H25N5O.2ClH/c20-13-1-2-18(25)23-16-9-5-14(6-10-16)3-4-15-7-11-17(12-8-15)24-19(21)22;;/h5-12H,1-4,13,20H2,(H,23,25)(H4,21,22,24);2*1H. The normalized spacial score (nSPS) is 9.52. The molecular formula is C19H27Cl2N5O. The molecule has 27 heavy (non-hydrogen) atoms. The largest absolute Gasteiger partial charge is 0.370 e. The zero-order chi connectivity index (χ0) is 18.1. The van der Waals surface area contributed by atoms with E-state index in [0.29, 0.717) is 19.4 Å². The fraction of sp³-hybridized carbons (Fsp3) is 0.263. The van der Waals surface area contributed by atoms with Crippen LogP contribution in [0.1, 0.15) is 24.0 Å². The zero-order valence-corrected chi connectivity index (χ0v) is 16.7. The van der Waals surface area contributed by atoms with Gasteiger partial charge in [0.2, 0.25) is 5.91 Å². The average Bonchev–Trinajstić information content (AvgIpc) is 2.60. The highest BCUT2D eigenvalue weighted by molar-refractivity contribution is 5.90. The summed E-state index contributed by atoms with van der Waals surface area (Å²) in [6.45, 7) is 0.527. The molecule has 0 radical (unpaired) electrons. The minimum Gasteiger partial charge on any atom is -0.370 e. The van der Waals surface area contributed by atoms with Gasteiger partial charge in [-0.15, -0.1) is 24.8 Å². The maximum absolute atomic E-state index is 11.7. The number of nitrogens with zero attached hydrogens (tertiary/aromatic N) is 1. The molecule has 2 aromatic carbocycles. The van der Waals surface area contributed by atoms with Crippen molar-refractivity contribution in [2.75, 3.05) is 11.9 Å². The maximum Gasteiger partial charge on any atom is 0.224 e. The quantitative estimate of drug-likeness (QED) is 0.394. The first-order chi connectivity index (χ1) is 12.1. The number of carbonyl (C=O) groups excluding carboxylic acids is 1. The lowest BCUT2D eigenvalue weighted by atomic mass is 10.0. The topological polar surface area (TPSA) is 120 Å². The lowest BCUT2D eigenvalue weighted by molar-refractivity contribution is -0.116. The number of hydrogen-bond donors (Lipinski definition) is 4. The van der Waals surface area contributed by atoms with Gasteiger partial charge in [-0.2, -0.15) is 0 Å². The van der Waals surface area contributed by atoms with Gasteiger partial charge in [-0.25, -0.2) is 4.99 Å². The van der Waals surface area contributed by atoms with Gasteiger partial charge in [-0.05, 0) is 61.2 Å². The summed E-state index contributed by atoms with van der Waals surface area (Å²) in [7, 11) is 0. The predicted octanol–water partition coefficient (Wildman–Crippen LogP) is 2.90. The van der Waals surface area contributed by atoms with Crippen LogP contribution in [-0.4, -0.2) is 18.4 Å². The van der Waals surface area contributed by atoms with Gasteiger partial charge in [0.05, 0.1) is 5.69 Å². The number of benzene rings is 2. The van der Waals surface area contributed by atoms with Crippen LogP contribution in [0.25, 0.3) is 0 Å². The number of nitrogens with two attached hydrogens (primary N) is 3. The molecule has 148 valence electrons. The number of halogens is 2. The van der Waals surface area contributed by atoms with Gasteiger partial charge in [0.1, 0.15) is 0 Å². The summed E-state index contributed by atoms with van der Waals surface area (Å²) in [4.78, 5) is 15.7. The lowest BCUT2D eigenvalue weighted by Crippen LogP contribution is -2.21. The Morgan fingerprint density at radius 3 is 1.89 bits per heavy atom. The van der Waals surface area contributed by atoms with Gasteiger partial charge in [0.25, 0.3) is 0 Å². The smallest absolute Gasteiger partial charge is 0.224 e. The highest BCUT2D eigenvalue weighted by Crippen LogP contribution is 2.16. The van der Waals surface area contributed by atoms with Crippen molar-refractivity contribution in [3.63, 3.8) is 0 Å². The molecule has 0 bridgehead atoms. The van der Waals surface area contributed by atoms with Crippen LogP contribution in [0, 0.1) is 0 Å². The van der Waals surface area contributed by atoms with E-state index < -0.39 is 0 Å². The van der Waals surface area contributed by atoms with Crippen LogP contribution in [0.4, 0.5) is 11.4 Å². The van der Waals surface area contributed by atoms with Crippen molar-refractivity contribution in [3.05, 3.63) is 59.7 Å². The van der Waals surface area contributed by atoms with Crippen LogP contribution >= 0.6 is 24.8 Å². The number of amides is 1. The Hall–Kier alpha value is -2.28. The van der Waals surface area contributed by atoms with Gasteiger partial charge in [0.15, 0.2) is 5.96 Å².